The van der Waals surface area contributed by atoms with E-state index >= 15 is 0 Å². The molecule has 1 aromatic rings. The lowest BCUT2D eigenvalue weighted by atomic mass is 9.99. The number of hydrogen-bond acceptors (Lipinski definition) is 2. The lowest BCUT2D eigenvalue weighted by Gasteiger charge is -2.15. The number of aliphatic carboxylic acids is 1. The number of benzene rings is 1. The summed E-state index contributed by atoms with van der Waals surface area (Å²) in [7, 11) is 0. The number of carbonyl (C=O) groups is 1. The molecule has 0 spiro atoms. The molecule has 1 N–H and O–H groups in total. The molecular weight excluding hydrogens is 221 g/mol. The highest BCUT2D eigenvalue weighted by Crippen LogP contribution is 2.24. The minimum atomic E-state index is -0.737. The van der Waals surface area contributed by atoms with Gasteiger partial charge in [0.2, 0.25) is 0 Å². The maximum atomic E-state index is 13.0. The molecule has 1 saturated heterocycles. The van der Waals surface area contributed by atoms with Crippen LogP contribution in [0.15, 0.2) is 24.3 Å². The van der Waals surface area contributed by atoms with Crippen LogP contribution < -0.4 is 0 Å². The maximum Gasteiger partial charge on any atom is 0.308 e. The van der Waals surface area contributed by atoms with E-state index in [1.165, 1.54) is 12.1 Å². The molecule has 17 heavy (non-hydrogen) atoms. The number of carboxylic acids is 1. The minimum Gasteiger partial charge on any atom is -0.481 e. The Morgan fingerprint density at radius 1 is 1.53 bits per heavy atom. The second-order valence-electron chi connectivity index (χ2n) is 4.75. The van der Waals surface area contributed by atoms with Gasteiger partial charge < -0.3 is 5.11 Å². The van der Waals surface area contributed by atoms with E-state index in [0.29, 0.717) is 13.1 Å². The lowest BCUT2D eigenvalue weighted by molar-refractivity contribution is -0.142. The van der Waals surface area contributed by atoms with Gasteiger partial charge in [0.25, 0.3) is 0 Å². The van der Waals surface area contributed by atoms with Crippen molar-refractivity contribution in [2.24, 2.45) is 11.8 Å². The molecule has 1 aliphatic heterocycles. The Balaban J connectivity index is 2.00. The van der Waals surface area contributed by atoms with Crippen molar-refractivity contribution in [1.29, 1.82) is 0 Å². The Morgan fingerprint density at radius 3 is 2.88 bits per heavy atom. The Labute approximate surface area is 99.9 Å². The predicted molar refractivity (Wildman–Crippen MR) is 62.0 cm³/mol. The summed E-state index contributed by atoms with van der Waals surface area (Å²) in [6.45, 7) is 3.87. The zero-order valence-electron chi connectivity index (χ0n) is 9.77. The summed E-state index contributed by atoms with van der Waals surface area (Å²) in [6.07, 6.45) is 0. The van der Waals surface area contributed by atoms with Crippen molar-refractivity contribution in [3.63, 3.8) is 0 Å². The third-order valence-corrected chi connectivity index (χ3v) is 3.30. The first-order chi connectivity index (χ1) is 8.06. The molecule has 0 unspecified atom stereocenters. The van der Waals surface area contributed by atoms with E-state index in [2.05, 4.69) is 4.90 Å². The number of halogens is 1. The minimum absolute atomic E-state index is 0.154. The molecular formula is C13H16FNO2. The van der Waals surface area contributed by atoms with E-state index in [-0.39, 0.29) is 17.7 Å². The van der Waals surface area contributed by atoms with E-state index < -0.39 is 5.97 Å². The lowest BCUT2D eigenvalue weighted by Crippen LogP contribution is -2.23. The van der Waals surface area contributed by atoms with Crippen molar-refractivity contribution in [1.82, 2.24) is 4.90 Å². The van der Waals surface area contributed by atoms with Crippen LogP contribution in [-0.2, 0) is 11.3 Å². The van der Waals surface area contributed by atoms with Gasteiger partial charge in [-0.15, -0.1) is 0 Å². The standard InChI is InChI=1S/C13H16FNO2/c1-9-6-15(8-12(9)13(16)17)7-10-3-2-4-11(14)5-10/h2-5,9,12H,6-8H2,1H3,(H,16,17)/t9-,12-/m1/s1. The van der Waals surface area contributed by atoms with Gasteiger partial charge in [-0.25, -0.2) is 4.39 Å². The first kappa shape index (κ1) is 12.0. The zero-order valence-corrected chi connectivity index (χ0v) is 9.77. The Morgan fingerprint density at radius 2 is 2.29 bits per heavy atom. The van der Waals surface area contributed by atoms with Gasteiger partial charge in [-0.2, -0.15) is 0 Å². The fourth-order valence-corrected chi connectivity index (χ4v) is 2.41. The van der Waals surface area contributed by atoms with Crippen molar-refractivity contribution in [2.45, 2.75) is 13.5 Å². The molecule has 1 heterocycles. The van der Waals surface area contributed by atoms with E-state index in [1.807, 2.05) is 13.0 Å². The Kier molecular flexibility index (Phi) is 3.43. The van der Waals surface area contributed by atoms with E-state index in [0.717, 1.165) is 12.1 Å². The van der Waals surface area contributed by atoms with Crippen molar-refractivity contribution in [2.75, 3.05) is 13.1 Å². The molecule has 1 fully saturated rings. The largest absolute Gasteiger partial charge is 0.481 e. The van der Waals surface area contributed by atoms with E-state index in [4.69, 9.17) is 5.11 Å². The summed E-state index contributed by atoms with van der Waals surface area (Å²) < 4.78 is 13.0. The summed E-state index contributed by atoms with van der Waals surface area (Å²) in [5.74, 6) is -1.13. The molecule has 1 aromatic carbocycles. The molecule has 4 heteroatoms. The summed E-state index contributed by atoms with van der Waals surface area (Å²) in [5.41, 5.74) is 0.892. The third kappa shape index (κ3) is 2.82. The molecule has 2 atom stereocenters. The summed E-state index contributed by atoms with van der Waals surface area (Å²) in [6, 6.07) is 6.45. The highest BCUT2D eigenvalue weighted by atomic mass is 19.1. The third-order valence-electron chi connectivity index (χ3n) is 3.30. The van der Waals surface area contributed by atoms with Crippen molar-refractivity contribution < 1.29 is 14.3 Å². The van der Waals surface area contributed by atoms with Crippen LogP contribution in [0.2, 0.25) is 0 Å². The molecule has 0 bridgehead atoms. The van der Waals surface area contributed by atoms with Crippen LogP contribution in [0.3, 0.4) is 0 Å². The van der Waals surface area contributed by atoms with Crippen LogP contribution in [-0.4, -0.2) is 29.1 Å². The summed E-state index contributed by atoms with van der Waals surface area (Å²) >= 11 is 0. The van der Waals surface area contributed by atoms with Crippen molar-refractivity contribution in [3.05, 3.63) is 35.6 Å². The number of hydrogen-bond donors (Lipinski definition) is 1. The van der Waals surface area contributed by atoms with Gasteiger partial charge in [-0.3, -0.25) is 9.69 Å². The first-order valence-corrected chi connectivity index (χ1v) is 5.76. The van der Waals surface area contributed by atoms with E-state index in [1.54, 1.807) is 6.07 Å². The van der Waals surface area contributed by atoms with Gasteiger partial charge >= 0.3 is 5.97 Å². The SMILES string of the molecule is C[C@@H]1CN(Cc2cccc(F)c2)C[C@H]1C(=O)O. The van der Waals surface area contributed by atoms with Crippen molar-refractivity contribution >= 4 is 5.97 Å². The monoisotopic (exact) mass is 237 g/mol. The highest BCUT2D eigenvalue weighted by Gasteiger charge is 2.34. The smallest absolute Gasteiger partial charge is 0.308 e. The van der Waals surface area contributed by atoms with Gasteiger partial charge in [0.05, 0.1) is 5.92 Å². The van der Waals surface area contributed by atoms with Gasteiger partial charge in [0, 0.05) is 19.6 Å². The molecule has 0 aromatic heterocycles. The highest BCUT2D eigenvalue weighted by molar-refractivity contribution is 5.71. The molecule has 0 radical (unpaired) electrons. The fraction of sp³-hybridized carbons (Fsp3) is 0.462. The zero-order chi connectivity index (χ0) is 12.4. The fourth-order valence-electron chi connectivity index (χ4n) is 2.41. The topological polar surface area (TPSA) is 40.5 Å². The Bertz CT molecular complexity index is 422. The molecule has 0 aliphatic carbocycles. The van der Waals surface area contributed by atoms with Crippen molar-refractivity contribution in [3.8, 4) is 0 Å². The van der Waals surface area contributed by atoms with Gasteiger partial charge in [-0.05, 0) is 23.6 Å². The van der Waals surface area contributed by atoms with E-state index in [9.17, 15) is 9.18 Å². The summed E-state index contributed by atoms with van der Waals surface area (Å²) in [4.78, 5) is 13.0. The van der Waals surface area contributed by atoms with Crippen LogP contribution >= 0.6 is 0 Å². The van der Waals surface area contributed by atoms with Crippen LogP contribution in [0, 0.1) is 17.7 Å². The molecule has 3 nitrogen and oxygen atoms in total. The molecule has 2 rings (SSSR count). The van der Waals surface area contributed by atoms with Gasteiger partial charge in [0.1, 0.15) is 5.82 Å². The molecule has 0 amide bonds. The number of likely N-dealkylation sites (tertiary alicyclic amines) is 1. The van der Waals surface area contributed by atoms with Gasteiger partial charge in [0.15, 0.2) is 0 Å². The molecule has 92 valence electrons. The maximum absolute atomic E-state index is 13.0. The molecule has 1 aliphatic rings. The van der Waals surface area contributed by atoms with Crippen LogP contribution in [0.5, 0.6) is 0 Å². The van der Waals surface area contributed by atoms with Gasteiger partial charge in [-0.1, -0.05) is 19.1 Å². The summed E-state index contributed by atoms with van der Waals surface area (Å²) in [5, 5.41) is 9.02. The normalized spacial score (nSPS) is 25.1. The average Bonchev–Trinajstić information content (AvgIpc) is 2.59. The second-order valence-corrected chi connectivity index (χ2v) is 4.75. The van der Waals surface area contributed by atoms with Crippen LogP contribution in [0.25, 0.3) is 0 Å². The average molecular weight is 237 g/mol. The Hall–Kier alpha value is -1.42. The van der Waals surface area contributed by atoms with Crippen LogP contribution in [0.1, 0.15) is 12.5 Å². The number of carboxylic acid groups (broad SMARTS) is 1. The van der Waals surface area contributed by atoms with Crippen LogP contribution in [0.4, 0.5) is 4.39 Å². The predicted octanol–water partition coefficient (Wildman–Crippen LogP) is 1.98. The number of rotatable bonds is 3. The first-order valence-electron chi connectivity index (χ1n) is 5.76. The second kappa shape index (κ2) is 4.84. The quantitative estimate of drug-likeness (QED) is 0.873. The molecule has 0 saturated carbocycles. The number of nitrogens with zero attached hydrogens (tertiary/aromatic N) is 1.